The summed E-state index contributed by atoms with van der Waals surface area (Å²) < 4.78 is 48.8. The van der Waals surface area contributed by atoms with E-state index in [0.717, 1.165) is 0 Å². The maximum atomic E-state index is 12.7. The van der Waals surface area contributed by atoms with E-state index in [1.54, 1.807) is 0 Å². The number of aromatic nitrogens is 3. The fourth-order valence-corrected chi connectivity index (χ4v) is 1.84. The van der Waals surface area contributed by atoms with Gasteiger partial charge in [-0.25, -0.2) is 14.4 Å². The van der Waals surface area contributed by atoms with Crippen LogP contribution >= 0.6 is 0 Å². The highest BCUT2D eigenvalue weighted by Gasteiger charge is 2.16. The monoisotopic (exact) mass is 299 g/mol. The number of benzene rings is 1. The first-order valence-electron chi connectivity index (χ1n) is 5.42. The van der Waals surface area contributed by atoms with Crippen molar-refractivity contribution in [1.29, 1.82) is 0 Å². The molecule has 0 amide bonds. The first-order chi connectivity index (χ1) is 9.34. The fourth-order valence-electron chi connectivity index (χ4n) is 1.37. The van der Waals surface area contributed by atoms with E-state index in [-0.39, 0.29) is 18.3 Å². The zero-order valence-electron chi connectivity index (χ0n) is 10.3. The molecule has 0 aliphatic heterocycles. The maximum absolute atomic E-state index is 12.7. The lowest BCUT2D eigenvalue weighted by molar-refractivity contribution is 0.292. The molecule has 0 spiro atoms. The van der Waals surface area contributed by atoms with Crippen LogP contribution in [0.5, 0.6) is 5.75 Å². The van der Waals surface area contributed by atoms with E-state index in [1.807, 2.05) is 0 Å². The van der Waals surface area contributed by atoms with Gasteiger partial charge in [0, 0.05) is 0 Å². The van der Waals surface area contributed by atoms with Crippen LogP contribution in [0.3, 0.4) is 0 Å². The Labute approximate surface area is 114 Å². The second-order valence-corrected chi connectivity index (χ2v) is 5.11. The van der Waals surface area contributed by atoms with Crippen LogP contribution in [0, 0.1) is 12.7 Å². The minimum absolute atomic E-state index is 0.0365. The number of hydrogen-bond acceptors (Lipinski definition) is 6. The van der Waals surface area contributed by atoms with Crippen LogP contribution in [0.25, 0.3) is 0 Å². The SMILES string of the molecule is Cc1nc(COc2ccc(F)cc2)nc(S(=O)(=O)O)n1. The average Bonchev–Trinajstić information content (AvgIpc) is 2.36. The molecule has 0 aliphatic rings. The van der Waals surface area contributed by atoms with Gasteiger partial charge in [-0.05, 0) is 31.2 Å². The molecule has 0 atom stereocenters. The summed E-state index contributed by atoms with van der Waals surface area (Å²) in [7, 11) is -4.50. The van der Waals surface area contributed by atoms with E-state index in [1.165, 1.54) is 31.2 Å². The number of nitrogens with zero attached hydrogens (tertiary/aromatic N) is 3. The molecule has 1 N–H and O–H groups in total. The van der Waals surface area contributed by atoms with E-state index < -0.39 is 21.1 Å². The Kier molecular flexibility index (Phi) is 3.91. The highest BCUT2D eigenvalue weighted by atomic mass is 32.2. The van der Waals surface area contributed by atoms with Crippen molar-refractivity contribution in [2.75, 3.05) is 0 Å². The lowest BCUT2D eigenvalue weighted by atomic mass is 10.3. The Morgan fingerprint density at radius 1 is 1.20 bits per heavy atom. The van der Waals surface area contributed by atoms with Crippen LogP contribution in [-0.4, -0.2) is 27.9 Å². The molecule has 0 radical (unpaired) electrons. The predicted molar refractivity (Wildman–Crippen MR) is 65.1 cm³/mol. The van der Waals surface area contributed by atoms with E-state index in [2.05, 4.69) is 15.0 Å². The molecular weight excluding hydrogens is 289 g/mol. The highest BCUT2D eigenvalue weighted by Crippen LogP contribution is 2.12. The van der Waals surface area contributed by atoms with E-state index in [9.17, 15) is 12.8 Å². The topological polar surface area (TPSA) is 102 Å². The molecule has 0 bridgehead atoms. The zero-order chi connectivity index (χ0) is 14.8. The highest BCUT2D eigenvalue weighted by molar-refractivity contribution is 7.85. The lowest BCUT2D eigenvalue weighted by Gasteiger charge is -2.06. The Balaban J connectivity index is 2.17. The molecule has 7 nitrogen and oxygen atoms in total. The molecule has 2 aromatic rings. The van der Waals surface area contributed by atoms with Crippen molar-refractivity contribution >= 4 is 10.1 Å². The second kappa shape index (κ2) is 5.47. The molecule has 0 aliphatic carbocycles. The average molecular weight is 299 g/mol. The van der Waals surface area contributed by atoms with Gasteiger partial charge < -0.3 is 4.74 Å². The molecule has 0 saturated carbocycles. The molecule has 0 fully saturated rings. The first kappa shape index (κ1) is 14.3. The standard InChI is InChI=1S/C11H10FN3O4S/c1-7-13-10(15-11(14-7)20(16,17)18)6-19-9-4-2-8(12)3-5-9/h2-5H,6H2,1H3,(H,16,17,18). The normalized spacial score (nSPS) is 11.3. The van der Waals surface area contributed by atoms with Crippen molar-refractivity contribution in [1.82, 2.24) is 15.0 Å². The van der Waals surface area contributed by atoms with Crippen LogP contribution < -0.4 is 4.74 Å². The van der Waals surface area contributed by atoms with Gasteiger partial charge in [0.25, 0.3) is 5.16 Å². The van der Waals surface area contributed by atoms with E-state index >= 15 is 0 Å². The third kappa shape index (κ3) is 3.68. The van der Waals surface area contributed by atoms with Crippen LogP contribution in [-0.2, 0) is 16.7 Å². The Morgan fingerprint density at radius 3 is 2.45 bits per heavy atom. The minimum atomic E-state index is -4.50. The molecule has 0 saturated heterocycles. The Morgan fingerprint density at radius 2 is 1.85 bits per heavy atom. The summed E-state index contributed by atoms with van der Waals surface area (Å²) in [6, 6.07) is 5.26. The van der Waals surface area contributed by atoms with Crippen molar-refractivity contribution in [3.8, 4) is 5.75 Å². The molecule has 1 aromatic carbocycles. The zero-order valence-corrected chi connectivity index (χ0v) is 11.1. The summed E-state index contributed by atoms with van der Waals surface area (Å²) in [4.78, 5) is 11.0. The van der Waals surface area contributed by atoms with Gasteiger partial charge in [-0.2, -0.15) is 13.4 Å². The summed E-state index contributed by atoms with van der Waals surface area (Å²) in [5.74, 6) is 0.139. The minimum Gasteiger partial charge on any atom is -0.486 e. The molecule has 20 heavy (non-hydrogen) atoms. The van der Waals surface area contributed by atoms with Crippen LogP contribution in [0.4, 0.5) is 4.39 Å². The third-order valence-corrected chi connectivity index (χ3v) is 2.83. The molecular formula is C11H10FN3O4S. The van der Waals surface area contributed by atoms with Crippen molar-refractivity contribution in [3.63, 3.8) is 0 Å². The third-order valence-electron chi connectivity index (χ3n) is 2.19. The van der Waals surface area contributed by atoms with Crippen molar-refractivity contribution < 1.29 is 22.1 Å². The number of aryl methyl sites for hydroxylation is 1. The number of hydrogen-bond donors (Lipinski definition) is 1. The molecule has 2 rings (SSSR count). The summed E-state index contributed by atoms with van der Waals surface area (Å²) in [6.45, 7) is 1.31. The molecule has 106 valence electrons. The summed E-state index contributed by atoms with van der Waals surface area (Å²) in [5.41, 5.74) is 0. The number of rotatable bonds is 4. The van der Waals surface area contributed by atoms with Crippen LogP contribution in [0.15, 0.2) is 29.4 Å². The number of ether oxygens (including phenoxy) is 1. The maximum Gasteiger partial charge on any atom is 0.330 e. The Bertz CT molecular complexity index is 719. The van der Waals surface area contributed by atoms with Crippen LogP contribution in [0.1, 0.15) is 11.6 Å². The number of halogens is 1. The van der Waals surface area contributed by atoms with Gasteiger partial charge in [0.05, 0.1) is 0 Å². The van der Waals surface area contributed by atoms with E-state index in [0.29, 0.717) is 5.75 Å². The van der Waals surface area contributed by atoms with Crippen LogP contribution in [0.2, 0.25) is 0 Å². The first-order valence-corrected chi connectivity index (χ1v) is 6.86. The van der Waals surface area contributed by atoms with E-state index in [4.69, 9.17) is 9.29 Å². The fraction of sp³-hybridized carbons (Fsp3) is 0.182. The van der Waals surface area contributed by atoms with Gasteiger partial charge in [0.15, 0.2) is 5.82 Å². The molecule has 1 aromatic heterocycles. The molecule has 9 heteroatoms. The van der Waals surface area contributed by atoms with Crippen molar-refractivity contribution in [2.24, 2.45) is 0 Å². The second-order valence-electron chi connectivity index (χ2n) is 3.80. The van der Waals surface area contributed by atoms with Crippen molar-refractivity contribution in [2.45, 2.75) is 18.7 Å². The summed E-state index contributed by atoms with van der Waals surface area (Å²) in [5, 5.41) is -0.734. The van der Waals surface area contributed by atoms with Gasteiger partial charge in [0.2, 0.25) is 0 Å². The largest absolute Gasteiger partial charge is 0.486 e. The Hall–Kier alpha value is -2.13. The molecule has 1 heterocycles. The predicted octanol–water partition coefficient (Wildman–Crippen LogP) is 1.14. The smallest absolute Gasteiger partial charge is 0.330 e. The summed E-state index contributed by atoms with van der Waals surface area (Å²) in [6.07, 6.45) is 0. The van der Waals surface area contributed by atoms with Gasteiger partial charge in [-0.15, -0.1) is 0 Å². The summed E-state index contributed by atoms with van der Waals surface area (Å²) >= 11 is 0. The van der Waals surface area contributed by atoms with Gasteiger partial charge in [-0.3, -0.25) is 4.55 Å². The quantitative estimate of drug-likeness (QED) is 0.844. The molecule has 0 unspecified atom stereocenters. The van der Waals surface area contributed by atoms with Crippen molar-refractivity contribution in [3.05, 3.63) is 41.7 Å². The lowest BCUT2D eigenvalue weighted by Crippen LogP contribution is -2.12. The van der Waals surface area contributed by atoms with Gasteiger partial charge in [0.1, 0.15) is 24.0 Å². The van der Waals surface area contributed by atoms with Gasteiger partial charge >= 0.3 is 10.1 Å². The van der Waals surface area contributed by atoms with Gasteiger partial charge in [-0.1, -0.05) is 0 Å².